The molecule has 0 heterocycles. The lowest BCUT2D eigenvalue weighted by atomic mass is 9.53. The number of nitrogens with one attached hydrogen (secondary N) is 1. The van der Waals surface area contributed by atoms with Crippen molar-refractivity contribution < 1.29 is 9.18 Å². The maximum absolute atomic E-state index is 13.0. The fraction of sp³-hybridized carbons (Fsp3) is 0.650. The maximum Gasteiger partial charge on any atom is 0.224 e. The van der Waals surface area contributed by atoms with E-state index in [4.69, 9.17) is 0 Å². The summed E-state index contributed by atoms with van der Waals surface area (Å²) in [4.78, 5) is 12.8. The second-order valence-corrected chi connectivity index (χ2v) is 8.69. The highest BCUT2D eigenvalue weighted by Gasteiger charge is 2.53. The predicted octanol–water partition coefficient (Wildman–Crippen LogP) is 4.01. The van der Waals surface area contributed by atoms with Crippen LogP contribution in [0.15, 0.2) is 24.3 Å². The molecule has 0 spiro atoms. The summed E-state index contributed by atoms with van der Waals surface area (Å²) in [5.41, 5.74) is 1.22. The zero-order chi connectivity index (χ0) is 15.6. The Hall–Kier alpha value is -1.38. The molecule has 2 atom stereocenters. The van der Waals surface area contributed by atoms with Gasteiger partial charge >= 0.3 is 0 Å². The van der Waals surface area contributed by atoms with Crippen LogP contribution in [0.3, 0.4) is 0 Å². The number of hydrogen-bond donors (Lipinski definition) is 1. The summed E-state index contributed by atoms with van der Waals surface area (Å²) in [6.07, 6.45) is 8.74. The third-order valence-electron chi connectivity index (χ3n) is 6.85. The monoisotopic (exact) mass is 313 g/mol. The van der Waals surface area contributed by atoms with Crippen LogP contribution in [-0.4, -0.2) is 11.4 Å². The highest BCUT2D eigenvalue weighted by atomic mass is 19.1. The largest absolute Gasteiger partial charge is 0.350 e. The number of rotatable bonds is 3. The van der Waals surface area contributed by atoms with Crippen molar-refractivity contribution in [1.29, 1.82) is 0 Å². The minimum atomic E-state index is -0.205. The van der Waals surface area contributed by atoms with Crippen molar-refractivity contribution in [3.05, 3.63) is 35.6 Å². The lowest BCUT2D eigenvalue weighted by Crippen LogP contribution is -2.60. The molecule has 5 aliphatic rings. The summed E-state index contributed by atoms with van der Waals surface area (Å²) < 4.78 is 13.0. The number of halogens is 1. The van der Waals surface area contributed by atoms with E-state index in [0.29, 0.717) is 5.92 Å². The van der Waals surface area contributed by atoms with Crippen molar-refractivity contribution in [2.24, 2.45) is 23.7 Å². The summed E-state index contributed by atoms with van der Waals surface area (Å²) in [7, 11) is 0. The summed E-state index contributed by atoms with van der Waals surface area (Å²) in [5.74, 6) is 3.01. The molecule has 122 valence electrons. The molecule has 0 radical (unpaired) electrons. The van der Waals surface area contributed by atoms with Crippen LogP contribution in [-0.2, 0) is 4.79 Å². The number of carbonyl (C=O) groups excluding carboxylic acids is 1. The van der Waals surface area contributed by atoms with Gasteiger partial charge in [-0.15, -0.1) is 0 Å². The average Bonchev–Trinajstić information content (AvgIpc) is 3.26. The second kappa shape index (κ2) is 4.81. The van der Waals surface area contributed by atoms with E-state index >= 15 is 0 Å². The Morgan fingerprint density at radius 3 is 2.09 bits per heavy atom. The van der Waals surface area contributed by atoms with Gasteiger partial charge in [-0.2, -0.15) is 0 Å². The SMILES string of the molecule is O=C(NC12CC3CC(CC(C3)C1)C2)C1CC1c1ccc(F)cc1. The van der Waals surface area contributed by atoms with Crippen LogP contribution in [0, 0.1) is 29.5 Å². The molecular weight excluding hydrogens is 289 g/mol. The van der Waals surface area contributed by atoms with Crippen molar-refractivity contribution in [3.63, 3.8) is 0 Å². The molecule has 5 saturated carbocycles. The van der Waals surface area contributed by atoms with Gasteiger partial charge in [0.15, 0.2) is 0 Å². The molecule has 5 aliphatic carbocycles. The first kappa shape index (κ1) is 14.0. The van der Waals surface area contributed by atoms with Gasteiger partial charge in [0.2, 0.25) is 5.91 Å². The van der Waals surface area contributed by atoms with Crippen LogP contribution in [0.1, 0.15) is 56.4 Å². The van der Waals surface area contributed by atoms with Crippen LogP contribution >= 0.6 is 0 Å². The highest BCUT2D eigenvalue weighted by Crippen LogP contribution is 2.56. The molecule has 4 bridgehead atoms. The average molecular weight is 313 g/mol. The molecule has 1 aromatic rings. The molecule has 0 saturated heterocycles. The second-order valence-electron chi connectivity index (χ2n) is 8.69. The minimum absolute atomic E-state index is 0.105. The third kappa shape index (κ3) is 2.40. The van der Waals surface area contributed by atoms with E-state index in [1.54, 1.807) is 0 Å². The van der Waals surface area contributed by atoms with Crippen molar-refractivity contribution in [1.82, 2.24) is 5.32 Å². The zero-order valence-electron chi connectivity index (χ0n) is 13.4. The molecule has 2 unspecified atom stereocenters. The minimum Gasteiger partial charge on any atom is -0.350 e. The maximum atomic E-state index is 13.0. The molecular formula is C20H24FNO. The molecule has 2 nitrogen and oxygen atoms in total. The molecule has 1 amide bonds. The van der Waals surface area contributed by atoms with E-state index in [9.17, 15) is 9.18 Å². The van der Waals surface area contributed by atoms with Crippen molar-refractivity contribution >= 4 is 5.91 Å². The molecule has 5 fully saturated rings. The fourth-order valence-electron chi connectivity index (χ4n) is 6.18. The first-order chi connectivity index (χ1) is 11.1. The van der Waals surface area contributed by atoms with Crippen LogP contribution in [0.4, 0.5) is 4.39 Å². The summed E-state index contributed by atoms with van der Waals surface area (Å²) in [6, 6.07) is 6.67. The van der Waals surface area contributed by atoms with Gasteiger partial charge in [-0.25, -0.2) is 4.39 Å². The molecule has 1 N–H and O–H groups in total. The Morgan fingerprint density at radius 2 is 1.52 bits per heavy atom. The van der Waals surface area contributed by atoms with Crippen LogP contribution < -0.4 is 5.32 Å². The first-order valence-electron chi connectivity index (χ1n) is 9.18. The van der Waals surface area contributed by atoms with E-state index < -0.39 is 0 Å². The van der Waals surface area contributed by atoms with E-state index in [1.165, 1.54) is 50.7 Å². The molecule has 6 rings (SSSR count). The van der Waals surface area contributed by atoms with Gasteiger partial charge in [-0.05, 0) is 86.3 Å². The highest BCUT2D eigenvalue weighted by molar-refractivity contribution is 5.83. The number of hydrogen-bond acceptors (Lipinski definition) is 1. The molecule has 1 aromatic carbocycles. The fourth-order valence-corrected chi connectivity index (χ4v) is 6.18. The standard InChI is InChI=1S/C20H24FNO/c21-16-3-1-15(2-4-16)17-8-18(17)19(23)22-20-9-12-5-13(10-20)7-14(6-12)11-20/h1-4,12-14,17-18H,5-11H2,(H,22,23). The predicted molar refractivity (Wildman–Crippen MR) is 86.3 cm³/mol. The van der Waals surface area contributed by atoms with E-state index in [-0.39, 0.29) is 23.2 Å². The quantitative estimate of drug-likeness (QED) is 0.897. The number of carbonyl (C=O) groups is 1. The molecule has 0 aliphatic heterocycles. The van der Waals surface area contributed by atoms with Crippen LogP contribution in [0.2, 0.25) is 0 Å². The lowest BCUT2D eigenvalue weighted by molar-refractivity contribution is -0.128. The summed E-state index contributed by atoms with van der Waals surface area (Å²) >= 11 is 0. The Labute approximate surface area is 136 Å². The smallest absolute Gasteiger partial charge is 0.224 e. The Balaban J connectivity index is 1.27. The van der Waals surface area contributed by atoms with Gasteiger partial charge < -0.3 is 5.32 Å². The molecule has 0 aromatic heterocycles. The number of amides is 1. The van der Waals surface area contributed by atoms with Crippen LogP contribution in [0.5, 0.6) is 0 Å². The van der Waals surface area contributed by atoms with Crippen LogP contribution in [0.25, 0.3) is 0 Å². The Morgan fingerprint density at radius 1 is 0.957 bits per heavy atom. The van der Waals surface area contributed by atoms with Crippen molar-refractivity contribution in [2.75, 3.05) is 0 Å². The van der Waals surface area contributed by atoms with Crippen molar-refractivity contribution in [2.45, 2.75) is 56.4 Å². The van der Waals surface area contributed by atoms with Gasteiger partial charge in [0, 0.05) is 11.5 Å². The van der Waals surface area contributed by atoms with E-state index in [0.717, 1.165) is 29.7 Å². The number of benzene rings is 1. The van der Waals surface area contributed by atoms with Gasteiger partial charge in [0.1, 0.15) is 5.82 Å². The summed E-state index contributed by atoms with van der Waals surface area (Å²) in [5, 5.41) is 3.48. The molecule has 23 heavy (non-hydrogen) atoms. The Bertz CT molecular complexity index is 602. The van der Waals surface area contributed by atoms with Gasteiger partial charge in [0.05, 0.1) is 0 Å². The van der Waals surface area contributed by atoms with E-state index in [1.807, 2.05) is 12.1 Å². The van der Waals surface area contributed by atoms with Gasteiger partial charge in [-0.1, -0.05) is 12.1 Å². The lowest BCUT2D eigenvalue weighted by Gasteiger charge is -2.57. The Kier molecular flexibility index (Phi) is 2.93. The topological polar surface area (TPSA) is 29.1 Å². The molecule has 3 heteroatoms. The van der Waals surface area contributed by atoms with E-state index in [2.05, 4.69) is 5.32 Å². The van der Waals surface area contributed by atoms with Gasteiger partial charge in [0.25, 0.3) is 0 Å². The third-order valence-corrected chi connectivity index (χ3v) is 6.85. The van der Waals surface area contributed by atoms with Gasteiger partial charge in [-0.3, -0.25) is 4.79 Å². The summed E-state index contributed by atoms with van der Waals surface area (Å²) in [6.45, 7) is 0. The zero-order valence-corrected chi connectivity index (χ0v) is 13.4. The van der Waals surface area contributed by atoms with Crippen molar-refractivity contribution in [3.8, 4) is 0 Å². The normalized spacial score (nSPS) is 43.4. The first-order valence-corrected chi connectivity index (χ1v) is 9.18.